The molecule has 0 saturated heterocycles. The summed E-state index contributed by atoms with van der Waals surface area (Å²) in [5.74, 6) is 0.610. The molecule has 0 aliphatic carbocycles. The topological polar surface area (TPSA) is 48.9 Å². The number of hydrogen-bond acceptors (Lipinski definition) is 3. The van der Waals surface area contributed by atoms with Crippen LogP contribution in [0, 0.1) is 0 Å². The van der Waals surface area contributed by atoms with Crippen LogP contribution in [-0.2, 0) is 4.74 Å². The lowest BCUT2D eigenvalue weighted by atomic mass is 10.1. The third kappa shape index (κ3) is 11.3. The van der Waals surface area contributed by atoms with Crippen LogP contribution in [0.2, 0.25) is 0 Å². The molecule has 8 heteroatoms. The van der Waals surface area contributed by atoms with Crippen molar-refractivity contribution in [2.24, 2.45) is 4.99 Å². The fourth-order valence-electron chi connectivity index (χ4n) is 1.53. The maximum atomic E-state index is 12.1. The number of aliphatic imine (C=N–C) groups is 1. The van der Waals surface area contributed by atoms with E-state index >= 15 is 0 Å². The lowest BCUT2D eigenvalue weighted by Gasteiger charge is -2.24. The van der Waals surface area contributed by atoms with E-state index in [4.69, 9.17) is 4.74 Å². The fourth-order valence-corrected chi connectivity index (χ4v) is 1.53. The van der Waals surface area contributed by atoms with E-state index in [1.54, 1.807) is 14.2 Å². The van der Waals surface area contributed by atoms with E-state index in [2.05, 4.69) is 15.6 Å². The van der Waals surface area contributed by atoms with E-state index in [0.29, 0.717) is 32.0 Å². The van der Waals surface area contributed by atoms with E-state index in [1.807, 2.05) is 13.8 Å². The van der Waals surface area contributed by atoms with Gasteiger partial charge in [-0.25, -0.2) is 0 Å². The van der Waals surface area contributed by atoms with Gasteiger partial charge in [0.15, 0.2) is 5.96 Å². The highest BCUT2D eigenvalue weighted by molar-refractivity contribution is 5.79. The molecule has 0 aromatic carbocycles. The highest BCUT2D eigenvalue weighted by Gasteiger charge is 2.28. The number of methoxy groups -OCH3 is 1. The molecular formula is C13H27F3N4O. The number of guanidine groups is 1. The normalized spacial score (nSPS) is 13.7. The molecule has 0 rings (SSSR count). The summed E-state index contributed by atoms with van der Waals surface area (Å²) in [6, 6.07) is 0. The van der Waals surface area contributed by atoms with Gasteiger partial charge in [-0.15, -0.1) is 0 Å². The van der Waals surface area contributed by atoms with Crippen molar-refractivity contribution in [1.29, 1.82) is 0 Å². The molecule has 5 nitrogen and oxygen atoms in total. The first-order chi connectivity index (χ1) is 9.59. The number of alkyl halides is 3. The van der Waals surface area contributed by atoms with E-state index in [-0.39, 0.29) is 5.60 Å². The minimum atomic E-state index is -4.15. The lowest BCUT2D eigenvalue weighted by Crippen LogP contribution is -2.45. The Morgan fingerprint density at radius 3 is 2.33 bits per heavy atom. The van der Waals surface area contributed by atoms with Crippen LogP contribution >= 0.6 is 0 Å². The zero-order valence-corrected chi connectivity index (χ0v) is 13.5. The van der Waals surface area contributed by atoms with Crippen molar-refractivity contribution in [2.75, 3.05) is 47.4 Å². The predicted molar refractivity (Wildman–Crippen MR) is 78.6 cm³/mol. The third-order valence-corrected chi connectivity index (χ3v) is 2.92. The second kappa shape index (κ2) is 9.09. The summed E-state index contributed by atoms with van der Waals surface area (Å²) in [6.07, 6.45) is -3.55. The van der Waals surface area contributed by atoms with Crippen LogP contribution in [0.3, 0.4) is 0 Å². The van der Waals surface area contributed by atoms with Gasteiger partial charge in [0.05, 0.1) is 12.1 Å². The molecule has 2 N–H and O–H groups in total. The van der Waals surface area contributed by atoms with Crippen LogP contribution in [0.25, 0.3) is 0 Å². The zero-order valence-electron chi connectivity index (χ0n) is 13.5. The van der Waals surface area contributed by atoms with Crippen LogP contribution in [0.4, 0.5) is 13.2 Å². The van der Waals surface area contributed by atoms with Gasteiger partial charge < -0.3 is 15.4 Å². The second-order valence-corrected chi connectivity index (χ2v) is 5.52. The molecule has 0 fully saturated rings. The Labute approximate surface area is 124 Å². The molecule has 0 bridgehead atoms. The summed E-state index contributed by atoms with van der Waals surface area (Å²) in [4.78, 5) is 5.30. The summed E-state index contributed by atoms with van der Waals surface area (Å²) in [7, 11) is 4.74. The van der Waals surface area contributed by atoms with Gasteiger partial charge in [0, 0.05) is 27.2 Å². The van der Waals surface area contributed by atoms with Crippen molar-refractivity contribution >= 4 is 5.96 Å². The van der Waals surface area contributed by atoms with Crippen molar-refractivity contribution < 1.29 is 17.9 Å². The number of hydrogen-bond donors (Lipinski definition) is 2. The van der Waals surface area contributed by atoms with Gasteiger partial charge in [0.2, 0.25) is 0 Å². The molecule has 126 valence electrons. The molecule has 0 radical (unpaired) electrons. The van der Waals surface area contributed by atoms with Gasteiger partial charge in [0.1, 0.15) is 0 Å². The average Bonchev–Trinajstić information content (AvgIpc) is 2.36. The van der Waals surface area contributed by atoms with Crippen molar-refractivity contribution in [1.82, 2.24) is 15.5 Å². The summed E-state index contributed by atoms with van der Waals surface area (Å²) in [5, 5.41) is 6.17. The Hall–Kier alpha value is -1.02. The highest BCUT2D eigenvalue weighted by Crippen LogP contribution is 2.15. The van der Waals surface area contributed by atoms with Crippen molar-refractivity contribution in [3.63, 3.8) is 0 Å². The monoisotopic (exact) mass is 312 g/mol. The second-order valence-electron chi connectivity index (χ2n) is 5.52. The van der Waals surface area contributed by atoms with Crippen LogP contribution in [0.1, 0.15) is 20.3 Å². The van der Waals surface area contributed by atoms with Gasteiger partial charge >= 0.3 is 6.18 Å². The number of nitrogens with zero attached hydrogens (tertiary/aromatic N) is 2. The molecule has 0 atom stereocenters. The zero-order chi connectivity index (χ0) is 16.5. The molecule has 0 saturated carbocycles. The minimum absolute atomic E-state index is 0.315. The molecular weight excluding hydrogens is 285 g/mol. The first-order valence-electron chi connectivity index (χ1n) is 6.84. The smallest absolute Gasteiger partial charge is 0.377 e. The van der Waals surface area contributed by atoms with Crippen LogP contribution in [0.5, 0.6) is 0 Å². The van der Waals surface area contributed by atoms with E-state index in [1.165, 1.54) is 11.9 Å². The fraction of sp³-hybridized carbons (Fsp3) is 0.923. The Morgan fingerprint density at radius 2 is 1.86 bits per heavy atom. The third-order valence-electron chi connectivity index (χ3n) is 2.92. The Morgan fingerprint density at radius 1 is 1.24 bits per heavy atom. The average molecular weight is 312 g/mol. The standard InChI is InChI=1S/C13H27F3N4O/c1-12(2,21-5)9-19-11(17-3)18-7-6-8-20(4)10-13(14,15)16/h6-10H2,1-5H3,(H2,17,18,19). The molecule has 0 spiro atoms. The number of halogens is 3. The minimum Gasteiger partial charge on any atom is -0.377 e. The predicted octanol–water partition coefficient (Wildman–Crippen LogP) is 1.46. The summed E-state index contributed by atoms with van der Waals surface area (Å²) in [5.41, 5.74) is -0.315. The van der Waals surface area contributed by atoms with Crippen LogP contribution in [-0.4, -0.2) is 70.0 Å². The Balaban J connectivity index is 3.89. The van der Waals surface area contributed by atoms with E-state index < -0.39 is 12.7 Å². The SMILES string of the molecule is CN=C(NCCCN(C)CC(F)(F)F)NCC(C)(C)OC. The van der Waals surface area contributed by atoms with Crippen molar-refractivity contribution in [2.45, 2.75) is 32.0 Å². The molecule has 21 heavy (non-hydrogen) atoms. The van der Waals surface area contributed by atoms with E-state index in [0.717, 1.165) is 0 Å². The Bertz CT molecular complexity index is 319. The quantitative estimate of drug-likeness (QED) is 0.405. The summed E-state index contributed by atoms with van der Waals surface area (Å²) in [6.45, 7) is 4.50. The lowest BCUT2D eigenvalue weighted by molar-refractivity contribution is -0.143. The largest absolute Gasteiger partial charge is 0.401 e. The van der Waals surface area contributed by atoms with Gasteiger partial charge in [-0.1, -0.05) is 0 Å². The molecule has 0 heterocycles. The first-order valence-corrected chi connectivity index (χ1v) is 6.84. The molecule has 0 aliphatic rings. The molecule has 0 unspecified atom stereocenters. The maximum Gasteiger partial charge on any atom is 0.401 e. The maximum absolute atomic E-state index is 12.1. The van der Waals surface area contributed by atoms with Gasteiger partial charge in [0.25, 0.3) is 0 Å². The Kier molecular flexibility index (Phi) is 8.65. The first kappa shape index (κ1) is 20.0. The van der Waals surface area contributed by atoms with E-state index in [9.17, 15) is 13.2 Å². The number of ether oxygens (including phenoxy) is 1. The van der Waals surface area contributed by atoms with Crippen molar-refractivity contribution in [3.8, 4) is 0 Å². The molecule has 0 aromatic heterocycles. The van der Waals surface area contributed by atoms with Gasteiger partial charge in [-0.2, -0.15) is 13.2 Å². The van der Waals surface area contributed by atoms with Gasteiger partial charge in [-0.05, 0) is 33.9 Å². The molecule has 0 aromatic rings. The number of rotatable bonds is 8. The highest BCUT2D eigenvalue weighted by atomic mass is 19.4. The van der Waals surface area contributed by atoms with Crippen LogP contribution in [0.15, 0.2) is 4.99 Å². The number of nitrogens with one attached hydrogen (secondary N) is 2. The molecule has 0 aliphatic heterocycles. The van der Waals surface area contributed by atoms with Crippen LogP contribution < -0.4 is 10.6 Å². The summed E-state index contributed by atoms with van der Waals surface area (Å²) < 4.78 is 41.7. The molecule has 0 amide bonds. The van der Waals surface area contributed by atoms with Gasteiger partial charge in [-0.3, -0.25) is 9.89 Å². The van der Waals surface area contributed by atoms with Crippen molar-refractivity contribution in [3.05, 3.63) is 0 Å². The summed E-state index contributed by atoms with van der Waals surface area (Å²) >= 11 is 0.